The lowest BCUT2D eigenvalue weighted by Gasteiger charge is -2.13. The molecule has 28 heavy (non-hydrogen) atoms. The molecule has 4 aromatic rings. The molecule has 4 rings (SSSR count). The quantitative estimate of drug-likeness (QED) is 0.452. The number of fused-ring (bicyclic) bond motifs is 3. The minimum atomic E-state index is -5.01. The molecule has 0 saturated carbocycles. The molecule has 11 heteroatoms. The summed E-state index contributed by atoms with van der Waals surface area (Å²) in [6.45, 7) is 0. The van der Waals surface area contributed by atoms with Crippen LogP contribution in [-0.4, -0.2) is 20.7 Å². The molecule has 0 atom stereocenters. The number of nitrogens with zero attached hydrogens (tertiary/aromatic N) is 3. The molecule has 0 fully saturated rings. The lowest BCUT2D eigenvalue weighted by molar-refractivity contribution is -0.275. The Bertz CT molecular complexity index is 1210. The van der Waals surface area contributed by atoms with E-state index in [1.165, 1.54) is 28.9 Å². The van der Waals surface area contributed by atoms with Crippen molar-refractivity contribution in [3.8, 4) is 5.75 Å². The minimum absolute atomic E-state index is 0.0891. The van der Waals surface area contributed by atoms with Gasteiger partial charge in [0.15, 0.2) is 28.8 Å². The molecule has 1 N–H and O–H groups in total. The molecule has 0 saturated heterocycles. The van der Waals surface area contributed by atoms with Crippen LogP contribution < -0.4 is 10.1 Å². The Morgan fingerprint density at radius 3 is 2.57 bits per heavy atom. The van der Waals surface area contributed by atoms with Gasteiger partial charge < -0.3 is 10.1 Å². The highest BCUT2D eigenvalue weighted by molar-refractivity contribution is 6.31. The van der Waals surface area contributed by atoms with Crippen LogP contribution in [0.25, 0.3) is 16.7 Å². The Labute approximate surface area is 158 Å². The van der Waals surface area contributed by atoms with Crippen LogP contribution in [0.2, 0.25) is 5.02 Å². The monoisotopic (exact) mass is 414 g/mol. The first kappa shape index (κ1) is 18.2. The van der Waals surface area contributed by atoms with Gasteiger partial charge in [0.1, 0.15) is 5.52 Å². The Kier molecular flexibility index (Phi) is 4.22. The van der Waals surface area contributed by atoms with Gasteiger partial charge in [-0.1, -0.05) is 11.6 Å². The van der Waals surface area contributed by atoms with Crippen LogP contribution in [-0.2, 0) is 0 Å². The van der Waals surface area contributed by atoms with Gasteiger partial charge >= 0.3 is 6.36 Å². The third kappa shape index (κ3) is 3.38. The van der Waals surface area contributed by atoms with E-state index in [9.17, 15) is 22.0 Å². The fourth-order valence-electron chi connectivity index (χ4n) is 2.71. The average molecular weight is 415 g/mol. The molecule has 2 heterocycles. The zero-order valence-corrected chi connectivity index (χ0v) is 14.3. The van der Waals surface area contributed by atoms with Gasteiger partial charge in [-0.05, 0) is 24.3 Å². The molecule has 0 amide bonds. The number of aromatic nitrogens is 3. The third-order valence-electron chi connectivity index (χ3n) is 3.75. The van der Waals surface area contributed by atoms with Gasteiger partial charge in [0, 0.05) is 29.2 Å². The van der Waals surface area contributed by atoms with Crippen LogP contribution in [0.5, 0.6) is 5.75 Å². The molecule has 0 bridgehead atoms. The second kappa shape index (κ2) is 6.48. The molecule has 0 spiro atoms. The standard InChI is InChI=1S/C17H8ClF5N4O/c18-8-5-11(20)14-12(6-8)26-15(16-24-3-4-27(14)16)25-9-1-2-13(10(19)7-9)28-17(21,22)23/h1-7H,(H,25,26). The van der Waals surface area contributed by atoms with E-state index < -0.39 is 23.7 Å². The summed E-state index contributed by atoms with van der Waals surface area (Å²) >= 11 is 5.87. The first-order valence-corrected chi connectivity index (χ1v) is 8.03. The number of hydrogen-bond donors (Lipinski definition) is 1. The molecule has 0 aliphatic rings. The SMILES string of the molecule is Fc1cc(Nc2nc3cc(Cl)cc(F)c3n3ccnc23)ccc1OC(F)(F)F. The number of rotatable bonds is 3. The predicted octanol–water partition coefficient (Wildman–Crippen LogP) is 5.46. The maximum atomic E-state index is 14.3. The fraction of sp³-hybridized carbons (Fsp3) is 0.0588. The van der Waals surface area contributed by atoms with Crippen LogP contribution >= 0.6 is 11.6 Å². The highest BCUT2D eigenvalue weighted by atomic mass is 35.5. The van der Waals surface area contributed by atoms with Crippen molar-refractivity contribution in [1.29, 1.82) is 0 Å². The average Bonchev–Trinajstić information content (AvgIpc) is 3.05. The van der Waals surface area contributed by atoms with E-state index in [0.29, 0.717) is 0 Å². The van der Waals surface area contributed by atoms with Gasteiger partial charge in [-0.2, -0.15) is 0 Å². The first-order chi connectivity index (χ1) is 13.2. The molecule has 0 aliphatic carbocycles. The molecular formula is C17H8ClF5N4O. The number of nitrogens with one attached hydrogen (secondary N) is 1. The fourth-order valence-corrected chi connectivity index (χ4v) is 2.91. The number of hydrogen-bond acceptors (Lipinski definition) is 4. The van der Waals surface area contributed by atoms with Crippen molar-refractivity contribution in [1.82, 2.24) is 14.4 Å². The Morgan fingerprint density at radius 2 is 1.86 bits per heavy atom. The lowest BCUT2D eigenvalue weighted by atomic mass is 10.2. The van der Waals surface area contributed by atoms with Gasteiger partial charge in [0.05, 0.1) is 5.52 Å². The van der Waals surface area contributed by atoms with E-state index in [1.54, 1.807) is 0 Å². The van der Waals surface area contributed by atoms with E-state index in [4.69, 9.17) is 11.6 Å². The van der Waals surface area contributed by atoms with E-state index >= 15 is 0 Å². The number of halogens is 6. The Morgan fingerprint density at radius 1 is 1.07 bits per heavy atom. The second-order valence-corrected chi connectivity index (χ2v) is 6.09. The molecule has 0 unspecified atom stereocenters. The zero-order chi connectivity index (χ0) is 20.1. The smallest absolute Gasteiger partial charge is 0.403 e. The van der Waals surface area contributed by atoms with Crippen molar-refractivity contribution in [3.63, 3.8) is 0 Å². The van der Waals surface area contributed by atoms with Crippen LogP contribution in [0.15, 0.2) is 42.7 Å². The molecule has 2 aromatic heterocycles. The number of anilines is 2. The number of alkyl halides is 3. The lowest BCUT2D eigenvalue weighted by Crippen LogP contribution is -2.18. The normalized spacial score (nSPS) is 11.9. The predicted molar refractivity (Wildman–Crippen MR) is 91.8 cm³/mol. The van der Waals surface area contributed by atoms with Crippen molar-refractivity contribution in [3.05, 3.63) is 59.4 Å². The van der Waals surface area contributed by atoms with E-state index in [0.717, 1.165) is 18.2 Å². The summed E-state index contributed by atoms with van der Waals surface area (Å²) in [5.74, 6) is -2.67. The van der Waals surface area contributed by atoms with Crippen molar-refractivity contribution in [2.75, 3.05) is 5.32 Å². The van der Waals surface area contributed by atoms with Gasteiger partial charge in [0.25, 0.3) is 0 Å². The highest BCUT2D eigenvalue weighted by Crippen LogP contribution is 2.31. The summed E-state index contributed by atoms with van der Waals surface area (Å²) in [6, 6.07) is 5.38. The molecule has 144 valence electrons. The van der Waals surface area contributed by atoms with E-state index in [-0.39, 0.29) is 33.2 Å². The van der Waals surface area contributed by atoms with Crippen molar-refractivity contribution in [2.45, 2.75) is 6.36 Å². The van der Waals surface area contributed by atoms with Crippen molar-refractivity contribution < 1.29 is 26.7 Å². The maximum absolute atomic E-state index is 14.3. The van der Waals surface area contributed by atoms with Crippen LogP contribution in [0.1, 0.15) is 0 Å². The molecule has 2 aromatic carbocycles. The summed E-state index contributed by atoms with van der Waals surface area (Å²) in [6.07, 6.45) is -2.10. The van der Waals surface area contributed by atoms with Crippen LogP contribution in [0, 0.1) is 11.6 Å². The van der Waals surface area contributed by atoms with Gasteiger partial charge in [0.2, 0.25) is 0 Å². The maximum Gasteiger partial charge on any atom is 0.573 e. The van der Waals surface area contributed by atoms with Crippen molar-refractivity contribution >= 4 is 39.8 Å². The highest BCUT2D eigenvalue weighted by Gasteiger charge is 2.32. The topological polar surface area (TPSA) is 51.5 Å². The molecular weight excluding hydrogens is 407 g/mol. The summed E-state index contributed by atoms with van der Waals surface area (Å²) in [5.41, 5.74) is 0.661. The Hall–Kier alpha value is -3.14. The molecule has 0 aliphatic heterocycles. The van der Waals surface area contributed by atoms with E-state index in [1.807, 2.05) is 0 Å². The molecule has 5 nitrogen and oxygen atoms in total. The Balaban J connectivity index is 1.77. The first-order valence-electron chi connectivity index (χ1n) is 7.65. The third-order valence-corrected chi connectivity index (χ3v) is 3.97. The van der Waals surface area contributed by atoms with Gasteiger partial charge in [-0.15, -0.1) is 13.2 Å². The number of ether oxygens (including phenoxy) is 1. The number of imidazole rings is 1. The van der Waals surface area contributed by atoms with Gasteiger partial charge in [-0.3, -0.25) is 4.40 Å². The van der Waals surface area contributed by atoms with Gasteiger partial charge in [-0.25, -0.2) is 18.7 Å². The molecule has 0 radical (unpaired) electrons. The van der Waals surface area contributed by atoms with E-state index in [2.05, 4.69) is 20.0 Å². The van der Waals surface area contributed by atoms with Crippen LogP contribution in [0.3, 0.4) is 0 Å². The summed E-state index contributed by atoms with van der Waals surface area (Å²) < 4.78 is 70.0. The largest absolute Gasteiger partial charge is 0.573 e. The number of benzene rings is 2. The van der Waals surface area contributed by atoms with Crippen molar-refractivity contribution in [2.24, 2.45) is 0 Å². The minimum Gasteiger partial charge on any atom is -0.403 e. The van der Waals surface area contributed by atoms with Crippen LogP contribution in [0.4, 0.5) is 33.5 Å². The summed E-state index contributed by atoms with van der Waals surface area (Å²) in [5, 5.41) is 2.89. The summed E-state index contributed by atoms with van der Waals surface area (Å²) in [4.78, 5) is 8.34. The second-order valence-electron chi connectivity index (χ2n) is 5.65. The zero-order valence-electron chi connectivity index (χ0n) is 13.6. The summed E-state index contributed by atoms with van der Waals surface area (Å²) in [7, 11) is 0.